The third-order valence-electron chi connectivity index (χ3n) is 20.1. The van der Waals surface area contributed by atoms with Crippen LogP contribution < -0.4 is 75.2 Å². The number of nitrogens with zero attached hydrogens (tertiary/aromatic N) is 4. The number of benzene rings is 3. The topological polar surface area (TPSA) is 563 Å². The molecule has 0 unspecified atom stereocenters. The van der Waals surface area contributed by atoms with E-state index in [4.69, 9.17) is 31.5 Å². The molecule has 3 aliphatic rings. The first-order valence-electron chi connectivity index (χ1n) is 39.7. The molecule has 37 nitrogen and oxygen atoms in total. The summed E-state index contributed by atoms with van der Waals surface area (Å²) >= 11 is 0. The number of amides is 13. The number of nitrogens with two attached hydrogens (primary N) is 3. The first kappa shape index (κ1) is 92.4. The van der Waals surface area contributed by atoms with Crippen molar-refractivity contribution in [2.45, 2.75) is 248 Å². The second-order valence-corrected chi connectivity index (χ2v) is 30.2. The molecule has 0 saturated carbocycles. The molecule has 20 N–H and O–H groups in total. The molecule has 0 aliphatic carbocycles. The summed E-state index contributed by atoms with van der Waals surface area (Å²) in [6, 6.07) is 5.50. The molecule has 3 aliphatic heterocycles. The number of rotatable bonds is 33. The van der Waals surface area contributed by atoms with Gasteiger partial charge in [0.2, 0.25) is 76.8 Å². The Labute approximate surface area is 673 Å². The lowest BCUT2D eigenvalue weighted by Gasteiger charge is -2.42. The van der Waals surface area contributed by atoms with Crippen LogP contribution in [0.2, 0.25) is 0 Å². The van der Waals surface area contributed by atoms with Gasteiger partial charge in [-0.15, -0.1) is 5.10 Å². The fraction of sp³-hybridized carbons (Fsp3) is 0.582. The fourth-order valence-corrected chi connectivity index (χ4v) is 13.8. The Bertz CT molecular complexity index is 3910. The van der Waals surface area contributed by atoms with E-state index in [-0.39, 0.29) is 101 Å². The van der Waals surface area contributed by atoms with E-state index < -0.39 is 206 Å². The van der Waals surface area contributed by atoms with Crippen molar-refractivity contribution in [3.63, 3.8) is 0 Å². The largest absolute Gasteiger partial charge is 0.508 e. The van der Waals surface area contributed by atoms with E-state index >= 15 is 19.2 Å². The van der Waals surface area contributed by atoms with Crippen LogP contribution in [-0.4, -0.2) is 241 Å². The number of aliphatic hydroxyl groups is 3. The summed E-state index contributed by atoms with van der Waals surface area (Å²) in [5.41, 5.74) is 18.6. The smallest absolute Gasteiger partial charge is 0.246 e. The van der Waals surface area contributed by atoms with Gasteiger partial charge < -0.3 is 110 Å². The molecule has 1 aromatic heterocycles. The molecule has 4 aromatic rings. The molecule has 636 valence electrons. The van der Waals surface area contributed by atoms with Gasteiger partial charge in [-0.1, -0.05) is 144 Å². The number of carbonyl (C=O) groups is 13. The Kier molecular flexibility index (Phi) is 37.2. The van der Waals surface area contributed by atoms with Gasteiger partial charge in [-0.05, 0) is 97.4 Å². The lowest BCUT2D eigenvalue weighted by Crippen LogP contribution is -2.64. The summed E-state index contributed by atoms with van der Waals surface area (Å²) < 4.78 is 11.7. The minimum atomic E-state index is -2.01. The van der Waals surface area contributed by atoms with Gasteiger partial charge >= 0.3 is 0 Å². The van der Waals surface area contributed by atoms with Crippen LogP contribution in [0.3, 0.4) is 0 Å². The lowest BCUT2D eigenvalue weighted by molar-refractivity contribution is -0.272. The van der Waals surface area contributed by atoms with Crippen LogP contribution in [0.1, 0.15) is 153 Å². The number of aromatic nitrogens is 3. The average Bonchev–Trinajstić information content (AvgIpc) is 1.02. The number of ether oxygens (including phenoxy) is 2. The highest BCUT2D eigenvalue weighted by atomic mass is 16.7. The molecule has 0 bridgehead atoms. The van der Waals surface area contributed by atoms with Crippen LogP contribution in [-0.2, 0) is 97.5 Å². The van der Waals surface area contributed by atoms with Crippen molar-refractivity contribution < 1.29 is 97.1 Å². The van der Waals surface area contributed by atoms with Crippen LogP contribution in [0.15, 0.2) is 91.1 Å². The van der Waals surface area contributed by atoms with Gasteiger partial charge in [0.25, 0.3) is 0 Å². The molecule has 15 atom stereocenters. The van der Waals surface area contributed by atoms with E-state index in [0.717, 1.165) is 36.9 Å². The van der Waals surface area contributed by atoms with E-state index in [1.54, 1.807) is 88.4 Å². The summed E-state index contributed by atoms with van der Waals surface area (Å²) in [5, 5.41) is 76.9. The van der Waals surface area contributed by atoms with Gasteiger partial charge in [-0.2, -0.15) is 0 Å². The molecular formula is C79H115N17O20. The highest BCUT2D eigenvalue weighted by Crippen LogP contribution is 2.25. The maximum Gasteiger partial charge on any atom is 0.246 e. The first-order valence-corrected chi connectivity index (χ1v) is 39.7. The van der Waals surface area contributed by atoms with Gasteiger partial charge in [0.15, 0.2) is 6.29 Å². The number of fused-ring (bicyclic) bond motifs is 1. The quantitative estimate of drug-likeness (QED) is 0.0216. The minimum Gasteiger partial charge on any atom is -0.508 e. The fourth-order valence-electron chi connectivity index (χ4n) is 13.8. The number of unbranched alkanes of at least 4 members (excludes halogenated alkanes) is 5. The summed E-state index contributed by atoms with van der Waals surface area (Å²) in [6.07, 6.45) is -2.16. The van der Waals surface area contributed by atoms with Crippen molar-refractivity contribution >= 4 is 76.8 Å². The number of nitrogens with one attached hydrogen (secondary N) is 10. The van der Waals surface area contributed by atoms with Crippen LogP contribution in [0, 0.1) is 11.8 Å². The summed E-state index contributed by atoms with van der Waals surface area (Å²) in [7, 11) is 0. The number of phenols is 1. The van der Waals surface area contributed by atoms with Gasteiger partial charge in [0.05, 0.1) is 31.5 Å². The third-order valence-corrected chi connectivity index (χ3v) is 20.1. The SMILES string of the molecule is CCCCCCCCC(=O)N[C@H]1[C@H](OCCOn2cc(C[C@H]3NC(=O)[C@H](Cc4ccccc4)NC(=O)[C@@H]4CCCN4C(=O)[C@@H](Cc4ccccc4)NC(=O)[C@H](CC(C)C)NC(=O)[C@H](CCCN)NC(=O)[C@H](C(C)C)NC(=O)[C@H](Cc4ccc(O)cc4)NC(=O)[C@H](CCC(N)=O)NC(=O)[C@H](CC(N)=O)NC3=O)nn2)O[C@H](CO)[C@@H](O)[C@@H]1O. The van der Waals surface area contributed by atoms with Gasteiger partial charge in [0.1, 0.15) is 97.1 Å². The number of carbonyl (C=O) groups excluding carboxylic acids is 13. The Hall–Kier alpha value is -10.7. The highest BCUT2D eigenvalue weighted by Gasteiger charge is 2.47. The molecule has 116 heavy (non-hydrogen) atoms. The standard InChI is InChI=1S/C79H115N17O20/c1-6-7-8-9-10-17-26-64(101)91-66-68(103)67(102)61(44-97)116-79(66)114-35-36-115-96-43-50(93-94-96)41-57-73(108)88-58(42-63(82)100)74(109)83-53(31-32-62(81)99)70(105)86-56(39-49-27-29-51(98)30-28-49)75(110)92-65(46(4)5)77(112)84-52(24-18-33-80)69(104)85-54(37-45(2)3)71(106)90-59(40-48-22-15-12-16-23-48)78(113)95-34-19-25-60(95)76(111)89-55(72(107)87-57)38-47-20-13-11-14-21-47/h11-16,20-23,27-30,43,45-46,52-61,65-68,79,97-98,102-103H,6-10,17-19,24-26,31-42,44,80H2,1-5H3,(H2,81,99)(H2,82,100)(H,83,109)(H,84,112)(H,85,104)(H,86,105)(H,87,107)(H,88,108)(H,89,111)(H,90,106)(H,91,101)(H,92,110)/t52-,53-,54-,55-,56-,57+,58-,59+,60-,61+,65-,66+,67+,68+,79+/m0/s1. The number of hydrogen-bond donors (Lipinski definition) is 17. The van der Waals surface area contributed by atoms with Gasteiger partial charge in [0, 0.05) is 45.1 Å². The molecule has 0 radical (unpaired) electrons. The van der Waals surface area contributed by atoms with Crippen molar-refractivity contribution in [2.24, 2.45) is 29.0 Å². The van der Waals surface area contributed by atoms with Crippen LogP contribution >= 0.6 is 0 Å². The van der Waals surface area contributed by atoms with Crippen molar-refractivity contribution in [1.29, 1.82) is 0 Å². The highest BCUT2D eigenvalue weighted by molar-refractivity contribution is 6.01. The number of aromatic hydroxyl groups is 1. The van der Waals surface area contributed by atoms with Crippen LogP contribution in [0.25, 0.3) is 0 Å². The minimum absolute atomic E-state index is 0.00409. The number of hydrogen-bond acceptors (Lipinski definition) is 23. The Morgan fingerprint density at radius 3 is 1.69 bits per heavy atom. The summed E-state index contributed by atoms with van der Waals surface area (Å²) in [4.78, 5) is 196. The van der Waals surface area contributed by atoms with Gasteiger partial charge in [-0.25, -0.2) is 0 Å². The summed E-state index contributed by atoms with van der Waals surface area (Å²) in [6.45, 7) is 7.53. The zero-order valence-electron chi connectivity index (χ0n) is 66.3. The zero-order valence-corrected chi connectivity index (χ0v) is 66.3. The molecular weight excluding hydrogens is 1510 g/mol. The lowest BCUT2D eigenvalue weighted by atomic mass is 9.96. The van der Waals surface area contributed by atoms with Gasteiger partial charge in [-0.3, -0.25) is 62.3 Å². The predicted molar refractivity (Wildman–Crippen MR) is 418 cm³/mol. The first-order chi connectivity index (χ1) is 55.4. The molecule has 3 fully saturated rings. The third kappa shape index (κ3) is 29.2. The Morgan fingerprint density at radius 1 is 0.578 bits per heavy atom. The monoisotopic (exact) mass is 1620 g/mol. The molecule has 4 heterocycles. The molecule has 37 heteroatoms. The number of aliphatic hydroxyl groups excluding tert-OH is 3. The van der Waals surface area contributed by atoms with Crippen molar-refractivity contribution in [2.75, 3.05) is 32.9 Å². The van der Waals surface area contributed by atoms with Crippen LogP contribution in [0.4, 0.5) is 0 Å². The normalized spacial score (nSPS) is 25.4. The average molecular weight is 1620 g/mol. The maximum atomic E-state index is 15.3. The molecule has 0 spiro atoms. The van der Waals surface area contributed by atoms with E-state index in [9.17, 15) is 63.6 Å². The van der Waals surface area contributed by atoms with E-state index in [0.29, 0.717) is 23.1 Å². The molecule has 13 amide bonds. The molecule has 3 aromatic carbocycles. The molecule has 7 rings (SSSR count). The number of primary amides is 2. The summed E-state index contributed by atoms with van der Waals surface area (Å²) in [5.74, 6) is -13.4. The Balaban J connectivity index is 1.27. The zero-order chi connectivity index (χ0) is 84.5. The van der Waals surface area contributed by atoms with Crippen molar-refractivity contribution in [1.82, 2.24) is 73.2 Å². The number of phenolic OH excluding ortho intramolecular Hbond substituents is 1. The second-order valence-electron chi connectivity index (χ2n) is 30.2. The maximum absolute atomic E-state index is 15.3. The van der Waals surface area contributed by atoms with Crippen molar-refractivity contribution in [3.05, 3.63) is 114 Å². The second kappa shape index (κ2) is 46.7. The predicted octanol–water partition coefficient (Wildman–Crippen LogP) is -2.68. The van der Waals surface area contributed by atoms with E-state index in [2.05, 4.69) is 70.4 Å². The van der Waals surface area contributed by atoms with Crippen molar-refractivity contribution in [3.8, 4) is 5.75 Å². The van der Waals surface area contributed by atoms with E-state index in [1.807, 2.05) is 0 Å². The van der Waals surface area contributed by atoms with E-state index in [1.165, 1.54) is 35.4 Å². The van der Waals surface area contributed by atoms with Crippen LogP contribution in [0.5, 0.6) is 5.75 Å². The molecule has 3 saturated heterocycles. The Morgan fingerprint density at radius 2 is 1.09 bits per heavy atom.